The summed E-state index contributed by atoms with van der Waals surface area (Å²) in [5, 5.41) is 35.3. The number of carboxylic acids is 1. The van der Waals surface area contributed by atoms with Crippen molar-refractivity contribution in [2.24, 2.45) is 0 Å². The second-order valence-corrected chi connectivity index (χ2v) is 3.22. The summed E-state index contributed by atoms with van der Waals surface area (Å²) in [6.07, 6.45) is -1.76. The van der Waals surface area contributed by atoms with Crippen LogP contribution in [0.25, 0.3) is 0 Å². The minimum Gasteiger partial charge on any atom is -0.876 e. The van der Waals surface area contributed by atoms with Crippen LogP contribution in [0.3, 0.4) is 0 Å². The van der Waals surface area contributed by atoms with E-state index in [-0.39, 0.29) is 5.76 Å². The molecule has 88 valence electrons. The lowest BCUT2D eigenvalue weighted by atomic mass is 10.1. The van der Waals surface area contributed by atoms with E-state index in [0.717, 1.165) is 5.57 Å². The fraction of sp³-hybridized carbons (Fsp3) is 0.500. The van der Waals surface area contributed by atoms with Crippen LogP contribution in [-0.2, 0) is 4.79 Å². The number of rotatable bonds is 3. The molecule has 3 N–H and O–H groups in total. The Morgan fingerprint density at radius 2 is 1.67 bits per heavy atom. The molecule has 0 saturated heterocycles. The van der Waals surface area contributed by atoms with Crippen LogP contribution >= 0.6 is 0 Å². The van der Waals surface area contributed by atoms with Gasteiger partial charge in [-0.3, -0.25) is 0 Å². The van der Waals surface area contributed by atoms with Crippen molar-refractivity contribution < 1.29 is 25.2 Å². The highest BCUT2D eigenvalue weighted by Crippen LogP contribution is 1.99. The first-order valence-electron chi connectivity index (χ1n) is 4.25. The molecule has 0 fully saturated rings. The van der Waals surface area contributed by atoms with Crippen LogP contribution < -0.4 is 5.11 Å². The SMILES string of the molecule is C=C(C)[O-].CC(C)=C[C@@H](O)[C@H](O)C(=O)O. The van der Waals surface area contributed by atoms with Gasteiger partial charge in [-0.25, -0.2) is 4.79 Å². The zero-order chi connectivity index (χ0) is 12.6. The third-order valence-electron chi connectivity index (χ3n) is 1.08. The Morgan fingerprint density at radius 3 is 1.87 bits per heavy atom. The number of allylic oxidation sites excluding steroid dienone is 2. The molecule has 0 aliphatic rings. The van der Waals surface area contributed by atoms with Gasteiger partial charge in [-0.15, -0.1) is 12.3 Å². The van der Waals surface area contributed by atoms with E-state index in [1.807, 2.05) is 0 Å². The van der Waals surface area contributed by atoms with Crippen LogP contribution in [0.5, 0.6) is 0 Å². The first-order chi connectivity index (χ1) is 6.68. The molecule has 0 radical (unpaired) electrons. The minimum atomic E-state index is -1.73. The minimum absolute atomic E-state index is 0.0833. The molecule has 0 aliphatic carbocycles. The molecule has 0 spiro atoms. The first-order valence-corrected chi connectivity index (χ1v) is 4.25. The first kappa shape index (κ1) is 16.1. The maximum absolute atomic E-state index is 10.1. The maximum atomic E-state index is 10.1. The Balaban J connectivity index is 0. The molecule has 5 nitrogen and oxygen atoms in total. The number of aliphatic carboxylic acids is 1. The molecule has 0 rings (SSSR count). The molecule has 2 atom stereocenters. The quantitative estimate of drug-likeness (QED) is 0.442. The molecule has 0 bridgehead atoms. The molecular weight excluding hydrogens is 200 g/mol. The fourth-order valence-electron chi connectivity index (χ4n) is 0.579. The molecule has 0 heterocycles. The average molecular weight is 217 g/mol. The summed E-state index contributed by atoms with van der Waals surface area (Å²) in [4.78, 5) is 10.1. The van der Waals surface area contributed by atoms with Gasteiger partial charge in [0.1, 0.15) is 6.10 Å². The number of aliphatic hydroxyl groups is 2. The van der Waals surface area contributed by atoms with Crippen molar-refractivity contribution in [3.05, 3.63) is 24.0 Å². The standard InChI is InChI=1S/C7H12O4.C3H6O/c1-4(2)3-5(8)6(9)7(10)11;1-3(2)4/h3,5-6,8-9H,1-2H3,(H,10,11);4H,1H2,2H3/p-1/t5-,6+;/m1./s1. The van der Waals surface area contributed by atoms with Gasteiger partial charge in [0.2, 0.25) is 0 Å². The van der Waals surface area contributed by atoms with Crippen molar-refractivity contribution in [2.75, 3.05) is 0 Å². The highest BCUT2D eigenvalue weighted by molar-refractivity contribution is 5.73. The summed E-state index contributed by atoms with van der Waals surface area (Å²) < 4.78 is 0. The van der Waals surface area contributed by atoms with Gasteiger partial charge in [0, 0.05) is 0 Å². The van der Waals surface area contributed by atoms with Gasteiger partial charge in [0.05, 0.1) is 0 Å². The molecule has 0 aromatic rings. The number of carboxylic acid groups (broad SMARTS) is 1. The summed E-state index contributed by atoms with van der Waals surface area (Å²) >= 11 is 0. The summed E-state index contributed by atoms with van der Waals surface area (Å²) in [5.74, 6) is -1.50. The lowest BCUT2D eigenvalue weighted by Crippen LogP contribution is -2.32. The van der Waals surface area contributed by atoms with E-state index in [1.165, 1.54) is 13.0 Å². The predicted octanol–water partition coefficient (Wildman–Crippen LogP) is -0.361. The van der Waals surface area contributed by atoms with Gasteiger partial charge >= 0.3 is 5.97 Å². The molecule has 0 aromatic heterocycles. The number of aliphatic hydroxyl groups excluding tert-OH is 2. The van der Waals surface area contributed by atoms with Gasteiger partial charge in [0.15, 0.2) is 6.10 Å². The maximum Gasteiger partial charge on any atom is 0.335 e. The van der Waals surface area contributed by atoms with Crippen molar-refractivity contribution in [3.8, 4) is 0 Å². The van der Waals surface area contributed by atoms with Gasteiger partial charge in [-0.2, -0.15) is 0 Å². The van der Waals surface area contributed by atoms with Gasteiger partial charge < -0.3 is 20.4 Å². The monoisotopic (exact) mass is 217 g/mol. The van der Waals surface area contributed by atoms with Crippen molar-refractivity contribution in [1.29, 1.82) is 0 Å². The van der Waals surface area contributed by atoms with E-state index in [4.69, 9.17) is 15.3 Å². The Morgan fingerprint density at radius 1 is 1.33 bits per heavy atom. The molecule has 5 heteroatoms. The van der Waals surface area contributed by atoms with Crippen molar-refractivity contribution in [1.82, 2.24) is 0 Å². The van der Waals surface area contributed by atoms with Crippen LogP contribution in [-0.4, -0.2) is 33.5 Å². The lowest BCUT2D eigenvalue weighted by Gasteiger charge is -2.09. The van der Waals surface area contributed by atoms with Crippen LogP contribution in [0.1, 0.15) is 20.8 Å². The smallest absolute Gasteiger partial charge is 0.335 e. The zero-order valence-corrected chi connectivity index (χ0v) is 9.10. The third kappa shape index (κ3) is 12.7. The van der Waals surface area contributed by atoms with Crippen molar-refractivity contribution in [2.45, 2.75) is 33.0 Å². The number of hydrogen-bond donors (Lipinski definition) is 3. The largest absolute Gasteiger partial charge is 0.876 e. The normalized spacial score (nSPS) is 12.9. The second kappa shape index (κ2) is 8.02. The topological polar surface area (TPSA) is 101 Å². The highest BCUT2D eigenvalue weighted by atomic mass is 16.4. The molecule has 0 saturated carbocycles. The van der Waals surface area contributed by atoms with Crippen LogP contribution in [0.15, 0.2) is 24.0 Å². The predicted molar refractivity (Wildman–Crippen MR) is 53.9 cm³/mol. The number of hydrogen-bond acceptors (Lipinski definition) is 4. The third-order valence-corrected chi connectivity index (χ3v) is 1.08. The van der Waals surface area contributed by atoms with Crippen LogP contribution in [0.2, 0.25) is 0 Å². The zero-order valence-electron chi connectivity index (χ0n) is 9.10. The van der Waals surface area contributed by atoms with Crippen molar-refractivity contribution in [3.63, 3.8) is 0 Å². The summed E-state index contributed by atoms with van der Waals surface area (Å²) in [7, 11) is 0. The molecule has 0 aromatic carbocycles. The van der Waals surface area contributed by atoms with Gasteiger partial charge in [-0.1, -0.05) is 18.6 Å². The van der Waals surface area contributed by atoms with Gasteiger partial charge in [0.25, 0.3) is 0 Å². The fourth-order valence-corrected chi connectivity index (χ4v) is 0.579. The van der Waals surface area contributed by atoms with E-state index in [2.05, 4.69) is 6.58 Å². The number of carbonyl (C=O) groups is 1. The molecule has 0 unspecified atom stereocenters. The van der Waals surface area contributed by atoms with Gasteiger partial charge in [-0.05, 0) is 13.8 Å². The van der Waals surface area contributed by atoms with E-state index in [9.17, 15) is 9.90 Å². The highest BCUT2D eigenvalue weighted by Gasteiger charge is 2.20. The Labute approximate surface area is 89.0 Å². The molecule has 0 aliphatic heterocycles. The molecule has 15 heavy (non-hydrogen) atoms. The molecule has 0 amide bonds. The molecular formula is C10H17O5-. The summed E-state index contributed by atoms with van der Waals surface area (Å²) in [6.45, 7) is 7.83. The lowest BCUT2D eigenvalue weighted by molar-refractivity contribution is -0.300. The van der Waals surface area contributed by atoms with E-state index in [1.54, 1.807) is 13.8 Å². The van der Waals surface area contributed by atoms with Crippen LogP contribution in [0, 0.1) is 0 Å². The second-order valence-electron chi connectivity index (χ2n) is 3.22. The van der Waals surface area contributed by atoms with E-state index in [0.29, 0.717) is 0 Å². The Hall–Kier alpha value is -1.33. The van der Waals surface area contributed by atoms with E-state index >= 15 is 0 Å². The Kier molecular flexibility index (Phi) is 8.61. The Bertz CT molecular complexity index is 236. The summed E-state index contributed by atoms with van der Waals surface area (Å²) in [5.41, 5.74) is 0.762. The van der Waals surface area contributed by atoms with Crippen LogP contribution in [0.4, 0.5) is 0 Å². The van der Waals surface area contributed by atoms with E-state index < -0.39 is 18.2 Å². The average Bonchev–Trinajstić information content (AvgIpc) is 2.00. The van der Waals surface area contributed by atoms with Crippen molar-refractivity contribution >= 4 is 5.97 Å². The summed E-state index contributed by atoms with van der Waals surface area (Å²) in [6, 6.07) is 0.